The summed E-state index contributed by atoms with van der Waals surface area (Å²) in [4.78, 5) is 31.8. The van der Waals surface area contributed by atoms with E-state index in [1.54, 1.807) is 24.0 Å². The second-order valence-electron chi connectivity index (χ2n) is 9.22. The van der Waals surface area contributed by atoms with Crippen molar-refractivity contribution in [1.29, 1.82) is 0 Å². The number of imidazole rings is 1. The molecule has 2 aromatic heterocycles. The first-order valence-corrected chi connectivity index (χ1v) is 12.2. The number of benzene rings is 1. The van der Waals surface area contributed by atoms with Crippen molar-refractivity contribution in [3.05, 3.63) is 29.5 Å². The highest BCUT2D eigenvalue weighted by molar-refractivity contribution is 6.31. The van der Waals surface area contributed by atoms with Crippen molar-refractivity contribution in [2.24, 2.45) is 0 Å². The van der Waals surface area contributed by atoms with Crippen LogP contribution in [0.1, 0.15) is 38.5 Å². The van der Waals surface area contributed by atoms with E-state index in [1.807, 2.05) is 24.1 Å². The number of alkyl halides is 1. The third-order valence-electron chi connectivity index (χ3n) is 6.96. The van der Waals surface area contributed by atoms with Gasteiger partial charge in [0.25, 0.3) is 0 Å². The topological polar surface area (TPSA) is 70.4 Å². The second-order valence-corrected chi connectivity index (χ2v) is 9.65. The van der Waals surface area contributed by atoms with Crippen molar-refractivity contribution in [1.82, 2.24) is 19.5 Å². The summed E-state index contributed by atoms with van der Waals surface area (Å²) in [5, 5.41) is 0.589. The number of amides is 1. The fraction of sp³-hybridized carbons (Fsp3) is 0.500. The Balaban J connectivity index is 1.72. The first-order valence-electron chi connectivity index (χ1n) is 11.8. The fourth-order valence-electron chi connectivity index (χ4n) is 5.05. The minimum absolute atomic E-state index is 0.235. The standard InChI is InChI=1S/C24H29ClFN7O/c1-30(15-34)21-22(31(2)18-6-4-3-5-7-18)28-24(29-23(21)32-11-10-17(26)13-32)33-14-27-19-9-8-16(25)12-20(19)33/h8-9,12,14-15,17-18H,3-7,10-11,13H2,1-2H3/t17-/m0/s1. The van der Waals surface area contributed by atoms with Crippen LogP contribution in [0.15, 0.2) is 24.5 Å². The molecule has 10 heteroatoms. The summed E-state index contributed by atoms with van der Waals surface area (Å²) < 4.78 is 16.0. The van der Waals surface area contributed by atoms with Crippen LogP contribution in [0.2, 0.25) is 5.02 Å². The van der Waals surface area contributed by atoms with Gasteiger partial charge in [0.1, 0.15) is 18.2 Å². The van der Waals surface area contributed by atoms with Gasteiger partial charge < -0.3 is 14.7 Å². The van der Waals surface area contributed by atoms with Gasteiger partial charge in [0.05, 0.1) is 17.6 Å². The Morgan fingerprint density at radius 2 is 1.94 bits per heavy atom. The predicted molar refractivity (Wildman–Crippen MR) is 133 cm³/mol. The molecule has 1 aromatic carbocycles. The van der Waals surface area contributed by atoms with Crippen LogP contribution >= 0.6 is 11.6 Å². The van der Waals surface area contributed by atoms with Crippen LogP contribution in [0.5, 0.6) is 0 Å². The first kappa shape index (κ1) is 22.8. The average molecular weight is 486 g/mol. The molecule has 0 radical (unpaired) electrons. The lowest BCUT2D eigenvalue weighted by molar-refractivity contribution is -0.107. The number of fused-ring (bicyclic) bond motifs is 1. The Labute approximate surface area is 203 Å². The fourth-order valence-corrected chi connectivity index (χ4v) is 5.22. The van der Waals surface area contributed by atoms with E-state index >= 15 is 0 Å². The number of hydrogen-bond acceptors (Lipinski definition) is 6. The molecule has 1 saturated carbocycles. The molecule has 0 N–H and O–H groups in total. The molecule has 0 unspecified atom stereocenters. The van der Waals surface area contributed by atoms with Crippen LogP contribution in [0, 0.1) is 0 Å². The quantitative estimate of drug-likeness (QED) is 0.482. The zero-order valence-corrected chi connectivity index (χ0v) is 20.2. The molecular weight excluding hydrogens is 457 g/mol. The largest absolute Gasteiger partial charge is 0.355 e. The summed E-state index contributed by atoms with van der Waals surface area (Å²) in [6.07, 6.45) is 7.63. The summed E-state index contributed by atoms with van der Waals surface area (Å²) in [6, 6.07) is 5.79. The third kappa shape index (κ3) is 4.17. The SMILES string of the molecule is CN(C=O)c1c(N2CC[C@H](F)C2)nc(-n2cnc3ccc(Cl)cc32)nc1N(C)C1CCCCC1. The number of nitrogens with zero attached hydrogens (tertiary/aromatic N) is 7. The van der Waals surface area contributed by atoms with Gasteiger partial charge in [-0.3, -0.25) is 9.36 Å². The molecule has 8 nitrogen and oxygen atoms in total. The number of carbonyl (C=O) groups is 1. The summed E-state index contributed by atoms with van der Waals surface area (Å²) in [5.74, 6) is 1.64. The smallest absolute Gasteiger partial charge is 0.239 e. The number of halogens is 2. The molecule has 2 aliphatic rings. The zero-order valence-electron chi connectivity index (χ0n) is 19.5. The maximum Gasteiger partial charge on any atom is 0.239 e. The Hall–Kier alpha value is -2.94. The Bertz CT molecular complexity index is 1200. The van der Waals surface area contributed by atoms with Crippen LogP contribution in [-0.2, 0) is 4.79 Å². The van der Waals surface area contributed by atoms with Gasteiger partial charge in [-0.25, -0.2) is 9.37 Å². The summed E-state index contributed by atoms with van der Waals surface area (Å²) >= 11 is 6.27. The van der Waals surface area contributed by atoms with Crippen molar-refractivity contribution < 1.29 is 9.18 Å². The molecule has 1 saturated heterocycles. The van der Waals surface area contributed by atoms with E-state index in [1.165, 1.54) is 24.2 Å². The Kier molecular flexibility index (Phi) is 6.29. The number of rotatable bonds is 6. The van der Waals surface area contributed by atoms with Gasteiger partial charge in [-0.2, -0.15) is 9.97 Å². The molecule has 1 atom stereocenters. The van der Waals surface area contributed by atoms with E-state index in [9.17, 15) is 9.18 Å². The van der Waals surface area contributed by atoms with Gasteiger partial charge in [-0.05, 0) is 37.5 Å². The van der Waals surface area contributed by atoms with Crippen LogP contribution in [0.25, 0.3) is 17.0 Å². The van der Waals surface area contributed by atoms with Gasteiger partial charge in [0.2, 0.25) is 12.4 Å². The molecule has 0 spiro atoms. The third-order valence-corrected chi connectivity index (χ3v) is 7.19. The summed E-state index contributed by atoms with van der Waals surface area (Å²) in [6.45, 7) is 0.764. The maximum absolute atomic E-state index is 14.2. The number of aromatic nitrogens is 4. The maximum atomic E-state index is 14.2. The van der Waals surface area contributed by atoms with E-state index in [0.29, 0.717) is 47.3 Å². The van der Waals surface area contributed by atoms with E-state index in [-0.39, 0.29) is 6.54 Å². The summed E-state index contributed by atoms with van der Waals surface area (Å²) in [5.41, 5.74) is 2.16. The molecule has 1 aliphatic heterocycles. The molecule has 3 heterocycles. The minimum atomic E-state index is -0.930. The lowest BCUT2D eigenvalue weighted by Crippen LogP contribution is -2.36. The van der Waals surface area contributed by atoms with Gasteiger partial charge >= 0.3 is 0 Å². The molecule has 0 bridgehead atoms. The Morgan fingerprint density at radius 3 is 2.65 bits per heavy atom. The van der Waals surface area contributed by atoms with Crippen LogP contribution in [-0.4, -0.2) is 65.3 Å². The van der Waals surface area contributed by atoms with E-state index in [4.69, 9.17) is 21.6 Å². The number of anilines is 3. The first-order chi connectivity index (χ1) is 16.5. The lowest BCUT2D eigenvalue weighted by Gasteiger charge is -2.35. The summed E-state index contributed by atoms with van der Waals surface area (Å²) in [7, 11) is 3.72. The molecule has 2 fully saturated rings. The van der Waals surface area contributed by atoms with Crippen molar-refractivity contribution in [3.63, 3.8) is 0 Å². The van der Waals surface area contributed by atoms with E-state index in [2.05, 4.69) is 9.88 Å². The van der Waals surface area contributed by atoms with Gasteiger partial charge in [-0.15, -0.1) is 0 Å². The predicted octanol–water partition coefficient (Wildman–Crippen LogP) is 4.38. The number of hydrogen-bond donors (Lipinski definition) is 0. The average Bonchev–Trinajstić information content (AvgIpc) is 3.48. The normalized spacial score (nSPS) is 19.1. The lowest BCUT2D eigenvalue weighted by atomic mass is 9.94. The highest BCUT2D eigenvalue weighted by atomic mass is 35.5. The number of carbonyl (C=O) groups excluding carboxylic acids is 1. The van der Waals surface area contributed by atoms with Crippen molar-refractivity contribution in [2.75, 3.05) is 41.9 Å². The second kappa shape index (κ2) is 9.37. The molecule has 180 valence electrons. The molecule has 1 aliphatic carbocycles. The minimum Gasteiger partial charge on any atom is -0.355 e. The molecule has 3 aromatic rings. The Morgan fingerprint density at radius 1 is 1.15 bits per heavy atom. The highest BCUT2D eigenvalue weighted by Crippen LogP contribution is 2.39. The van der Waals surface area contributed by atoms with E-state index < -0.39 is 6.17 Å². The van der Waals surface area contributed by atoms with Gasteiger partial charge in [0.15, 0.2) is 11.6 Å². The van der Waals surface area contributed by atoms with Crippen LogP contribution in [0.3, 0.4) is 0 Å². The zero-order chi connectivity index (χ0) is 23.8. The monoisotopic (exact) mass is 485 g/mol. The van der Waals surface area contributed by atoms with Crippen molar-refractivity contribution in [3.8, 4) is 5.95 Å². The van der Waals surface area contributed by atoms with Gasteiger partial charge in [0, 0.05) is 31.7 Å². The molecule has 1 amide bonds. The van der Waals surface area contributed by atoms with Crippen molar-refractivity contribution >= 4 is 46.4 Å². The molecule has 5 rings (SSSR count). The molecule has 34 heavy (non-hydrogen) atoms. The van der Waals surface area contributed by atoms with E-state index in [0.717, 1.165) is 30.3 Å². The van der Waals surface area contributed by atoms with Crippen LogP contribution < -0.4 is 14.7 Å². The van der Waals surface area contributed by atoms with Crippen molar-refractivity contribution in [2.45, 2.75) is 50.7 Å². The highest BCUT2D eigenvalue weighted by Gasteiger charge is 2.32. The van der Waals surface area contributed by atoms with Crippen LogP contribution in [0.4, 0.5) is 21.7 Å². The molecular formula is C24H29ClFN7O. The van der Waals surface area contributed by atoms with Gasteiger partial charge in [-0.1, -0.05) is 30.9 Å².